The number of amides is 1. The standard InChI is InChI=1S/C62H119NO5/c1-3-5-7-9-11-13-15-17-32-36-40-44-48-52-56-62(67)68-57-53-49-45-41-37-33-30-28-26-24-22-20-18-19-21-23-25-27-29-31-35-39-43-47-51-55-61(66)63-59(58-64)60(65)54-50-46-42-38-34-16-14-12-10-8-6-4-2/h19-22,59-60,64-65H,3-18,23-58H2,1-2H3,(H,63,66)/b21-19-,22-20-. The summed E-state index contributed by atoms with van der Waals surface area (Å²) in [6, 6.07) is -0.545. The first-order chi connectivity index (χ1) is 33.5. The Bertz CT molecular complexity index is 1060. The smallest absolute Gasteiger partial charge is 0.305 e. The zero-order chi connectivity index (χ0) is 49.3. The molecule has 0 aromatic rings. The number of rotatable bonds is 57. The van der Waals surface area contributed by atoms with Gasteiger partial charge in [0.1, 0.15) is 0 Å². The van der Waals surface area contributed by atoms with Gasteiger partial charge in [-0.1, -0.05) is 289 Å². The number of allylic oxidation sites excluding steroid dienone is 4. The van der Waals surface area contributed by atoms with Crippen LogP contribution in [0.4, 0.5) is 0 Å². The number of aliphatic hydroxyl groups excluding tert-OH is 2. The molecule has 402 valence electrons. The van der Waals surface area contributed by atoms with Crippen LogP contribution in [0.5, 0.6) is 0 Å². The van der Waals surface area contributed by atoms with Crippen molar-refractivity contribution in [2.45, 2.75) is 347 Å². The molecule has 0 aromatic heterocycles. The van der Waals surface area contributed by atoms with Gasteiger partial charge in [-0.25, -0.2) is 0 Å². The second-order valence-corrected chi connectivity index (χ2v) is 21.0. The Labute approximate surface area is 424 Å². The SMILES string of the molecule is CCCCCCCCCCCCCCCCC(=O)OCCCCCCCCCCC/C=C\C/C=C\CCCCCCCCCCCC(=O)NC(CO)C(O)CCCCCCCCCCCCCC. The molecule has 1 amide bonds. The summed E-state index contributed by atoms with van der Waals surface area (Å²) in [5.41, 5.74) is 0. The highest BCUT2D eigenvalue weighted by atomic mass is 16.5. The number of carbonyl (C=O) groups is 2. The molecule has 0 aliphatic rings. The molecular formula is C62H119NO5. The van der Waals surface area contributed by atoms with E-state index in [1.54, 1.807) is 0 Å². The van der Waals surface area contributed by atoms with Crippen molar-refractivity contribution in [2.24, 2.45) is 0 Å². The largest absolute Gasteiger partial charge is 0.466 e. The van der Waals surface area contributed by atoms with E-state index in [4.69, 9.17) is 4.74 Å². The topological polar surface area (TPSA) is 95.9 Å². The summed E-state index contributed by atoms with van der Waals surface area (Å²) in [5.74, 6) is -0.0292. The maximum absolute atomic E-state index is 12.4. The third-order valence-electron chi connectivity index (χ3n) is 14.3. The zero-order valence-electron chi connectivity index (χ0n) is 45.9. The minimum Gasteiger partial charge on any atom is -0.466 e. The molecule has 0 rings (SSSR count). The van der Waals surface area contributed by atoms with E-state index in [0.29, 0.717) is 25.9 Å². The van der Waals surface area contributed by atoms with Gasteiger partial charge >= 0.3 is 5.97 Å². The van der Waals surface area contributed by atoms with Crippen LogP contribution < -0.4 is 5.32 Å². The van der Waals surface area contributed by atoms with Crippen LogP contribution in [0, 0.1) is 0 Å². The molecule has 3 N–H and O–H groups in total. The molecule has 0 spiro atoms. The number of carbonyl (C=O) groups excluding carboxylic acids is 2. The van der Waals surface area contributed by atoms with Crippen LogP contribution in [0.3, 0.4) is 0 Å². The fourth-order valence-corrected chi connectivity index (χ4v) is 9.55. The van der Waals surface area contributed by atoms with Crippen molar-refractivity contribution < 1.29 is 24.5 Å². The summed E-state index contributed by atoms with van der Waals surface area (Å²) < 4.78 is 5.48. The summed E-state index contributed by atoms with van der Waals surface area (Å²) in [6.45, 7) is 4.96. The summed E-state index contributed by atoms with van der Waals surface area (Å²) in [5, 5.41) is 23.2. The van der Waals surface area contributed by atoms with Crippen molar-refractivity contribution >= 4 is 11.9 Å². The summed E-state index contributed by atoms with van der Waals surface area (Å²) >= 11 is 0. The molecule has 68 heavy (non-hydrogen) atoms. The van der Waals surface area contributed by atoms with Gasteiger partial charge in [-0.05, 0) is 57.8 Å². The average molecular weight is 959 g/mol. The van der Waals surface area contributed by atoms with E-state index in [2.05, 4.69) is 43.5 Å². The summed E-state index contributed by atoms with van der Waals surface area (Å²) in [7, 11) is 0. The predicted octanol–water partition coefficient (Wildman–Crippen LogP) is 19.0. The Balaban J connectivity index is 3.41. The number of esters is 1. The van der Waals surface area contributed by atoms with Crippen LogP contribution in [-0.2, 0) is 14.3 Å². The maximum Gasteiger partial charge on any atom is 0.305 e. The Hall–Kier alpha value is -1.66. The lowest BCUT2D eigenvalue weighted by molar-refractivity contribution is -0.143. The van der Waals surface area contributed by atoms with Gasteiger partial charge < -0.3 is 20.3 Å². The van der Waals surface area contributed by atoms with Gasteiger partial charge in [0, 0.05) is 12.8 Å². The molecule has 2 atom stereocenters. The van der Waals surface area contributed by atoms with Crippen LogP contribution in [-0.4, -0.2) is 47.4 Å². The number of unbranched alkanes of at least 4 members (excludes halogenated alkanes) is 42. The molecule has 6 heteroatoms. The minimum absolute atomic E-state index is 0.0115. The number of aliphatic hydroxyl groups is 2. The lowest BCUT2D eigenvalue weighted by atomic mass is 10.0. The van der Waals surface area contributed by atoms with E-state index >= 15 is 0 Å². The lowest BCUT2D eigenvalue weighted by Crippen LogP contribution is -2.45. The normalized spacial score (nSPS) is 12.7. The molecule has 0 heterocycles. The molecule has 0 saturated heterocycles. The van der Waals surface area contributed by atoms with Gasteiger partial charge in [0.2, 0.25) is 5.91 Å². The molecule has 0 radical (unpaired) electrons. The van der Waals surface area contributed by atoms with Crippen molar-refractivity contribution in [1.82, 2.24) is 5.32 Å². The van der Waals surface area contributed by atoms with Crippen molar-refractivity contribution in [1.29, 1.82) is 0 Å². The van der Waals surface area contributed by atoms with Gasteiger partial charge in [-0.15, -0.1) is 0 Å². The van der Waals surface area contributed by atoms with Gasteiger partial charge in [-0.2, -0.15) is 0 Å². The van der Waals surface area contributed by atoms with E-state index in [1.165, 1.54) is 257 Å². The Kier molecular flexibility index (Phi) is 56.5. The molecule has 6 nitrogen and oxygen atoms in total. The van der Waals surface area contributed by atoms with Crippen molar-refractivity contribution in [2.75, 3.05) is 13.2 Å². The van der Waals surface area contributed by atoms with Crippen molar-refractivity contribution in [3.8, 4) is 0 Å². The van der Waals surface area contributed by atoms with E-state index in [9.17, 15) is 19.8 Å². The third kappa shape index (κ3) is 53.7. The van der Waals surface area contributed by atoms with Crippen LogP contribution in [0.25, 0.3) is 0 Å². The van der Waals surface area contributed by atoms with E-state index in [1.807, 2.05) is 0 Å². The van der Waals surface area contributed by atoms with Crippen LogP contribution in [0.1, 0.15) is 335 Å². The van der Waals surface area contributed by atoms with Gasteiger partial charge in [-0.3, -0.25) is 9.59 Å². The van der Waals surface area contributed by atoms with Gasteiger partial charge in [0.25, 0.3) is 0 Å². The maximum atomic E-state index is 12.4. The van der Waals surface area contributed by atoms with E-state index < -0.39 is 12.1 Å². The molecule has 0 saturated carbocycles. The summed E-state index contributed by atoms with van der Waals surface area (Å²) in [4.78, 5) is 24.5. The number of hydrogen-bond acceptors (Lipinski definition) is 5. The molecule has 0 fully saturated rings. The quantitative estimate of drug-likeness (QED) is 0.0321. The second-order valence-electron chi connectivity index (χ2n) is 21.0. The van der Waals surface area contributed by atoms with Crippen molar-refractivity contribution in [3.63, 3.8) is 0 Å². The molecule has 0 bridgehead atoms. The second kappa shape index (κ2) is 57.9. The van der Waals surface area contributed by atoms with Gasteiger partial charge in [0.05, 0.1) is 25.4 Å². The highest BCUT2D eigenvalue weighted by Gasteiger charge is 2.20. The highest BCUT2D eigenvalue weighted by molar-refractivity contribution is 5.76. The summed E-state index contributed by atoms with van der Waals surface area (Å²) in [6.07, 6.45) is 70.4. The van der Waals surface area contributed by atoms with Crippen LogP contribution >= 0.6 is 0 Å². The molecule has 0 aliphatic carbocycles. The van der Waals surface area contributed by atoms with Gasteiger partial charge in [0.15, 0.2) is 0 Å². The molecular weight excluding hydrogens is 839 g/mol. The first-order valence-electron chi connectivity index (χ1n) is 30.6. The predicted molar refractivity (Wildman–Crippen MR) is 296 cm³/mol. The molecule has 2 unspecified atom stereocenters. The lowest BCUT2D eigenvalue weighted by Gasteiger charge is -2.22. The van der Waals surface area contributed by atoms with Crippen LogP contribution in [0.2, 0.25) is 0 Å². The van der Waals surface area contributed by atoms with Crippen LogP contribution in [0.15, 0.2) is 24.3 Å². The third-order valence-corrected chi connectivity index (χ3v) is 14.3. The number of nitrogens with one attached hydrogen (secondary N) is 1. The molecule has 0 aliphatic heterocycles. The fourth-order valence-electron chi connectivity index (χ4n) is 9.55. The fraction of sp³-hybridized carbons (Fsp3) is 0.903. The number of hydrogen-bond donors (Lipinski definition) is 3. The minimum atomic E-state index is -0.667. The Morgan fingerprint density at radius 2 is 0.735 bits per heavy atom. The van der Waals surface area contributed by atoms with Crippen molar-refractivity contribution in [3.05, 3.63) is 24.3 Å². The zero-order valence-corrected chi connectivity index (χ0v) is 45.9. The van der Waals surface area contributed by atoms with E-state index in [-0.39, 0.29) is 18.5 Å². The average Bonchev–Trinajstić information content (AvgIpc) is 3.34. The highest BCUT2D eigenvalue weighted by Crippen LogP contribution is 2.17. The Morgan fingerprint density at radius 1 is 0.412 bits per heavy atom. The first kappa shape index (κ1) is 66.3. The first-order valence-corrected chi connectivity index (χ1v) is 30.6. The monoisotopic (exact) mass is 958 g/mol. The Morgan fingerprint density at radius 3 is 1.12 bits per heavy atom. The molecule has 0 aromatic carbocycles. The van der Waals surface area contributed by atoms with E-state index in [0.717, 1.165) is 44.9 Å². The number of ether oxygens (including phenoxy) is 1.